The molecule has 1 aromatic rings. The lowest BCUT2D eigenvalue weighted by atomic mass is 9.99. The van der Waals surface area contributed by atoms with Gasteiger partial charge in [-0.25, -0.2) is 0 Å². The van der Waals surface area contributed by atoms with Gasteiger partial charge in [0, 0.05) is 20.1 Å². The maximum atomic E-state index is 4.33. The number of nitrogens with zero attached hydrogens (tertiary/aromatic N) is 2. The average Bonchev–Trinajstić information content (AvgIpc) is 3.10. The molecule has 1 aliphatic heterocycles. The lowest BCUT2D eigenvalue weighted by Gasteiger charge is -2.17. The second kappa shape index (κ2) is 10.3. The van der Waals surface area contributed by atoms with Gasteiger partial charge < -0.3 is 15.5 Å². The first-order valence-corrected chi connectivity index (χ1v) is 9.42. The first-order chi connectivity index (χ1) is 11.7. The Kier molecular flexibility index (Phi) is 8.10. The molecule has 0 aliphatic carbocycles. The van der Waals surface area contributed by atoms with E-state index >= 15 is 0 Å². The molecule has 1 aliphatic rings. The molecule has 0 radical (unpaired) electrons. The minimum atomic E-state index is 0.471. The summed E-state index contributed by atoms with van der Waals surface area (Å²) in [4.78, 5) is 6.91. The van der Waals surface area contributed by atoms with Gasteiger partial charge in [0.25, 0.3) is 0 Å². The molecule has 1 fully saturated rings. The Hall–Kier alpha value is -1.55. The number of aliphatic imine (C=N–C) groups is 1. The van der Waals surface area contributed by atoms with E-state index in [0.29, 0.717) is 5.92 Å². The molecule has 0 spiro atoms. The smallest absolute Gasteiger partial charge is 0.190 e. The summed E-state index contributed by atoms with van der Waals surface area (Å²) >= 11 is 0. The first-order valence-electron chi connectivity index (χ1n) is 9.42. The van der Waals surface area contributed by atoms with Crippen LogP contribution in [-0.4, -0.2) is 50.6 Å². The molecule has 1 saturated heterocycles. The lowest BCUT2D eigenvalue weighted by molar-refractivity contribution is 0.330. The van der Waals surface area contributed by atoms with E-state index in [0.717, 1.165) is 19.0 Å². The number of likely N-dealkylation sites (tertiary alicyclic amines) is 1. The molecular weight excluding hydrogens is 296 g/mol. The van der Waals surface area contributed by atoms with Crippen LogP contribution in [0.15, 0.2) is 29.3 Å². The largest absolute Gasteiger partial charge is 0.356 e. The molecule has 0 aromatic heterocycles. The van der Waals surface area contributed by atoms with Crippen molar-refractivity contribution in [2.24, 2.45) is 4.99 Å². The maximum Gasteiger partial charge on any atom is 0.190 e. The number of guanidine groups is 1. The van der Waals surface area contributed by atoms with Gasteiger partial charge in [-0.1, -0.05) is 36.8 Å². The fourth-order valence-electron chi connectivity index (χ4n) is 3.24. The Bertz CT molecular complexity index is 506. The Labute approximate surface area is 147 Å². The fraction of sp³-hybridized carbons (Fsp3) is 0.650. The Morgan fingerprint density at radius 2 is 2.00 bits per heavy atom. The van der Waals surface area contributed by atoms with Crippen molar-refractivity contribution < 1.29 is 0 Å². The molecule has 1 aromatic carbocycles. The van der Waals surface area contributed by atoms with E-state index in [2.05, 4.69) is 58.6 Å². The van der Waals surface area contributed by atoms with Gasteiger partial charge in [0.15, 0.2) is 5.96 Å². The van der Waals surface area contributed by atoms with Crippen molar-refractivity contribution >= 4 is 5.96 Å². The summed E-state index contributed by atoms with van der Waals surface area (Å²) in [6.07, 6.45) is 5.23. The Morgan fingerprint density at radius 1 is 1.21 bits per heavy atom. The predicted molar refractivity (Wildman–Crippen MR) is 104 cm³/mol. The van der Waals surface area contributed by atoms with Gasteiger partial charge >= 0.3 is 0 Å². The summed E-state index contributed by atoms with van der Waals surface area (Å²) in [6.45, 7) is 10.1. The molecule has 0 amide bonds. The summed E-state index contributed by atoms with van der Waals surface area (Å²) in [7, 11) is 1.84. The van der Waals surface area contributed by atoms with E-state index in [9.17, 15) is 0 Å². The highest BCUT2D eigenvalue weighted by Gasteiger charge is 2.10. The van der Waals surface area contributed by atoms with E-state index in [1.807, 2.05) is 7.05 Å². The van der Waals surface area contributed by atoms with Crippen molar-refractivity contribution in [1.29, 1.82) is 0 Å². The van der Waals surface area contributed by atoms with Crippen molar-refractivity contribution in [3.05, 3.63) is 35.4 Å². The third-order valence-electron chi connectivity index (χ3n) is 4.80. The van der Waals surface area contributed by atoms with E-state index in [-0.39, 0.29) is 0 Å². The van der Waals surface area contributed by atoms with Crippen molar-refractivity contribution in [3.63, 3.8) is 0 Å². The number of benzene rings is 1. The van der Waals surface area contributed by atoms with E-state index in [4.69, 9.17) is 0 Å². The number of hydrogen-bond acceptors (Lipinski definition) is 2. The SMILES string of the molecule is CN=C(NCCCCN1CCCC1)NCC(C)c1cccc(C)c1. The van der Waals surface area contributed by atoms with Crippen molar-refractivity contribution in [3.8, 4) is 0 Å². The van der Waals surface area contributed by atoms with Crippen LogP contribution in [0.4, 0.5) is 0 Å². The molecule has 2 rings (SSSR count). The van der Waals surface area contributed by atoms with Crippen LogP contribution in [0.25, 0.3) is 0 Å². The molecule has 0 bridgehead atoms. The highest BCUT2D eigenvalue weighted by atomic mass is 15.2. The third kappa shape index (κ3) is 6.52. The number of unbranched alkanes of at least 4 members (excludes halogenated alkanes) is 1. The van der Waals surface area contributed by atoms with Gasteiger partial charge in [0.1, 0.15) is 0 Å². The lowest BCUT2D eigenvalue weighted by Crippen LogP contribution is -2.39. The maximum absolute atomic E-state index is 4.33. The molecule has 4 heteroatoms. The first kappa shape index (κ1) is 18.8. The van der Waals surface area contributed by atoms with Crippen LogP contribution in [0.2, 0.25) is 0 Å². The van der Waals surface area contributed by atoms with Gasteiger partial charge in [-0.05, 0) is 63.7 Å². The zero-order chi connectivity index (χ0) is 17.2. The molecule has 2 N–H and O–H groups in total. The normalized spacial score (nSPS) is 17.0. The highest BCUT2D eigenvalue weighted by Crippen LogP contribution is 2.15. The summed E-state index contributed by atoms with van der Waals surface area (Å²) < 4.78 is 0. The minimum absolute atomic E-state index is 0.471. The van der Waals surface area contributed by atoms with Crippen LogP contribution in [0, 0.1) is 6.92 Å². The molecule has 0 saturated carbocycles. The van der Waals surface area contributed by atoms with Crippen molar-refractivity contribution in [2.45, 2.75) is 45.4 Å². The number of nitrogens with one attached hydrogen (secondary N) is 2. The average molecular weight is 331 g/mol. The third-order valence-corrected chi connectivity index (χ3v) is 4.80. The highest BCUT2D eigenvalue weighted by molar-refractivity contribution is 5.79. The monoisotopic (exact) mass is 330 g/mol. The topological polar surface area (TPSA) is 39.7 Å². The van der Waals surface area contributed by atoms with Gasteiger partial charge in [0.05, 0.1) is 0 Å². The molecule has 1 unspecified atom stereocenters. The second-order valence-corrected chi connectivity index (χ2v) is 6.95. The summed E-state index contributed by atoms with van der Waals surface area (Å²) in [5.74, 6) is 1.38. The fourth-order valence-corrected chi connectivity index (χ4v) is 3.24. The van der Waals surface area contributed by atoms with Crippen LogP contribution >= 0.6 is 0 Å². The zero-order valence-electron chi connectivity index (χ0n) is 15.6. The van der Waals surface area contributed by atoms with Crippen LogP contribution in [0.1, 0.15) is 49.7 Å². The number of rotatable bonds is 8. The summed E-state index contributed by atoms with van der Waals surface area (Å²) in [5.41, 5.74) is 2.70. The van der Waals surface area contributed by atoms with Gasteiger partial charge in [0.2, 0.25) is 0 Å². The van der Waals surface area contributed by atoms with Gasteiger partial charge in [-0.3, -0.25) is 4.99 Å². The van der Waals surface area contributed by atoms with E-state index in [1.165, 1.54) is 56.4 Å². The van der Waals surface area contributed by atoms with Crippen LogP contribution in [0.5, 0.6) is 0 Å². The van der Waals surface area contributed by atoms with Crippen LogP contribution in [-0.2, 0) is 0 Å². The molecule has 1 atom stereocenters. The van der Waals surface area contributed by atoms with Crippen LogP contribution in [0.3, 0.4) is 0 Å². The second-order valence-electron chi connectivity index (χ2n) is 6.95. The van der Waals surface area contributed by atoms with Crippen molar-refractivity contribution in [2.75, 3.05) is 39.8 Å². The number of aryl methyl sites for hydroxylation is 1. The van der Waals surface area contributed by atoms with Gasteiger partial charge in [-0.15, -0.1) is 0 Å². The molecule has 24 heavy (non-hydrogen) atoms. The summed E-state index contributed by atoms with van der Waals surface area (Å²) in [5, 5.41) is 6.88. The van der Waals surface area contributed by atoms with E-state index in [1.54, 1.807) is 0 Å². The van der Waals surface area contributed by atoms with E-state index < -0.39 is 0 Å². The van der Waals surface area contributed by atoms with Gasteiger partial charge in [-0.2, -0.15) is 0 Å². The zero-order valence-corrected chi connectivity index (χ0v) is 15.6. The minimum Gasteiger partial charge on any atom is -0.356 e. The molecule has 1 heterocycles. The number of hydrogen-bond donors (Lipinski definition) is 2. The standard InChI is InChI=1S/C20H34N4/c1-17-9-8-10-19(15-17)18(2)16-23-20(21-3)22-11-4-5-12-24-13-6-7-14-24/h8-10,15,18H,4-7,11-14,16H2,1-3H3,(H2,21,22,23). The predicted octanol–water partition coefficient (Wildman–Crippen LogP) is 3.14. The Balaban J connectivity index is 1.61. The quantitative estimate of drug-likeness (QED) is 0.437. The molecule has 134 valence electrons. The Morgan fingerprint density at radius 3 is 2.71 bits per heavy atom. The molecule has 4 nitrogen and oxygen atoms in total. The van der Waals surface area contributed by atoms with Crippen LogP contribution < -0.4 is 10.6 Å². The van der Waals surface area contributed by atoms with Crippen molar-refractivity contribution in [1.82, 2.24) is 15.5 Å². The summed E-state index contributed by atoms with van der Waals surface area (Å²) in [6, 6.07) is 8.75. The molecular formula is C20H34N4.